The Morgan fingerprint density at radius 1 is 1.05 bits per heavy atom. The van der Waals surface area contributed by atoms with Crippen molar-refractivity contribution < 1.29 is 13.3 Å². The van der Waals surface area contributed by atoms with Crippen molar-refractivity contribution in [2.45, 2.75) is 4.90 Å². The molecule has 110 valence electrons. The Labute approximate surface area is 130 Å². The van der Waals surface area contributed by atoms with E-state index in [4.69, 9.17) is 23.2 Å². The lowest BCUT2D eigenvalue weighted by molar-refractivity contribution is -0.385. The Kier molecular flexibility index (Phi) is 4.36. The summed E-state index contributed by atoms with van der Waals surface area (Å²) in [5, 5.41) is 10.9. The molecule has 6 nitrogen and oxygen atoms in total. The summed E-state index contributed by atoms with van der Waals surface area (Å²) in [6.45, 7) is 0. The fourth-order valence-corrected chi connectivity index (χ4v) is 3.30. The van der Waals surface area contributed by atoms with Crippen LogP contribution >= 0.6 is 23.2 Å². The van der Waals surface area contributed by atoms with Crippen LogP contribution in [0.1, 0.15) is 0 Å². The first kappa shape index (κ1) is 15.6. The van der Waals surface area contributed by atoms with Gasteiger partial charge in [0.25, 0.3) is 15.7 Å². The summed E-state index contributed by atoms with van der Waals surface area (Å²) in [6.07, 6.45) is 0. The Morgan fingerprint density at radius 2 is 1.62 bits per heavy atom. The van der Waals surface area contributed by atoms with Gasteiger partial charge in [0.1, 0.15) is 0 Å². The number of anilines is 1. The van der Waals surface area contributed by atoms with E-state index < -0.39 is 14.9 Å². The van der Waals surface area contributed by atoms with Gasteiger partial charge in [0.05, 0.1) is 25.6 Å². The highest BCUT2D eigenvalue weighted by Crippen LogP contribution is 2.32. The van der Waals surface area contributed by atoms with E-state index in [-0.39, 0.29) is 26.3 Å². The molecule has 0 saturated carbocycles. The van der Waals surface area contributed by atoms with Crippen LogP contribution in [0, 0.1) is 10.1 Å². The zero-order valence-electron chi connectivity index (χ0n) is 10.3. The van der Waals surface area contributed by atoms with Gasteiger partial charge in [-0.25, -0.2) is 8.42 Å². The second kappa shape index (κ2) is 5.88. The molecular weight excluding hydrogens is 339 g/mol. The first-order valence-electron chi connectivity index (χ1n) is 5.52. The van der Waals surface area contributed by atoms with E-state index in [1.54, 1.807) is 6.07 Å². The smallest absolute Gasteiger partial charge is 0.270 e. The Balaban J connectivity index is 2.44. The summed E-state index contributed by atoms with van der Waals surface area (Å²) in [4.78, 5) is 9.76. The minimum absolute atomic E-state index is 0.0207. The number of nitro benzene ring substituents is 1. The molecule has 0 amide bonds. The molecule has 0 aliphatic heterocycles. The summed E-state index contributed by atoms with van der Waals surface area (Å²) >= 11 is 11.8. The zero-order valence-corrected chi connectivity index (χ0v) is 12.6. The largest absolute Gasteiger partial charge is 0.277 e. The van der Waals surface area contributed by atoms with Gasteiger partial charge in [0.2, 0.25) is 0 Å². The number of hydrogen-bond acceptors (Lipinski definition) is 4. The molecule has 0 aliphatic rings. The van der Waals surface area contributed by atoms with Crippen LogP contribution in [0.25, 0.3) is 0 Å². The SMILES string of the molecule is O=[N+]([O-])c1cccc(S(=O)(=O)Nc2c(Cl)cccc2Cl)c1. The van der Waals surface area contributed by atoms with E-state index in [0.717, 1.165) is 6.07 Å². The highest BCUT2D eigenvalue weighted by molar-refractivity contribution is 7.92. The van der Waals surface area contributed by atoms with Crippen LogP contribution in [0.3, 0.4) is 0 Å². The normalized spacial score (nSPS) is 11.1. The van der Waals surface area contributed by atoms with E-state index in [1.807, 2.05) is 0 Å². The Morgan fingerprint density at radius 3 is 2.19 bits per heavy atom. The molecule has 0 spiro atoms. The number of hydrogen-bond donors (Lipinski definition) is 1. The minimum Gasteiger partial charge on any atom is -0.277 e. The van der Waals surface area contributed by atoms with Crippen molar-refractivity contribution in [1.29, 1.82) is 0 Å². The highest BCUT2D eigenvalue weighted by Gasteiger charge is 2.20. The minimum atomic E-state index is -4.04. The van der Waals surface area contributed by atoms with Crippen molar-refractivity contribution >= 4 is 44.6 Å². The molecule has 0 aliphatic carbocycles. The van der Waals surface area contributed by atoms with Gasteiger partial charge in [-0.15, -0.1) is 0 Å². The van der Waals surface area contributed by atoms with Crippen LogP contribution in [0.5, 0.6) is 0 Å². The number of nitrogens with one attached hydrogen (secondary N) is 1. The van der Waals surface area contributed by atoms with E-state index in [1.165, 1.54) is 30.3 Å². The molecule has 0 radical (unpaired) electrons. The third-order valence-electron chi connectivity index (χ3n) is 2.54. The van der Waals surface area contributed by atoms with Gasteiger partial charge in [0, 0.05) is 12.1 Å². The number of nitro groups is 1. The van der Waals surface area contributed by atoms with Crippen LogP contribution in [-0.4, -0.2) is 13.3 Å². The van der Waals surface area contributed by atoms with Gasteiger partial charge >= 0.3 is 0 Å². The lowest BCUT2D eigenvalue weighted by atomic mass is 10.3. The molecule has 0 unspecified atom stereocenters. The van der Waals surface area contributed by atoms with Crippen molar-refractivity contribution in [1.82, 2.24) is 0 Å². The van der Waals surface area contributed by atoms with Crippen molar-refractivity contribution in [2.24, 2.45) is 0 Å². The van der Waals surface area contributed by atoms with Crippen LogP contribution < -0.4 is 4.72 Å². The van der Waals surface area contributed by atoms with E-state index >= 15 is 0 Å². The van der Waals surface area contributed by atoms with Crippen LogP contribution in [0.4, 0.5) is 11.4 Å². The lowest BCUT2D eigenvalue weighted by Crippen LogP contribution is -2.13. The van der Waals surface area contributed by atoms with Gasteiger partial charge in [-0.05, 0) is 18.2 Å². The van der Waals surface area contributed by atoms with Gasteiger partial charge in [0.15, 0.2) is 0 Å². The number of para-hydroxylation sites is 1. The summed E-state index contributed by atoms with van der Waals surface area (Å²) in [5.74, 6) is 0. The van der Waals surface area contributed by atoms with Crippen molar-refractivity contribution in [3.8, 4) is 0 Å². The number of nitrogens with zero attached hydrogens (tertiary/aromatic N) is 1. The van der Waals surface area contributed by atoms with Gasteiger partial charge in [-0.2, -0.15) is 0 Å². The van der Waals surface area contributed by atoms with Crippen molar-refractivity contribution in [3.05, 3.63) is 62.6 Å². The summed E-state index contributed by atoms with van der Waals surface area (Å²) in [5.41, 5.74) is -0.310. The third kappa shape index (κ3) is 3.44. The first-order chi connectivity index (χ1) is 9.81. The second-order valence-electron chi connectivity index (χ2n) is 3.96. The van der Waals surface area contributed by atoms with E-state index in [9.17, 15) is 18.5 Å². The zero-order chi connectivity index (χ0) is 15.6. The fraction of sp³-hybridized carbons (Fsp3) is 0. The predicted molar refractivity (Wildman–Crippen MR) is 80.4 cm³/mol. The number of rotatable bonds is 4. The van der Waals surface area contributed by atoms with Crippen LogP contribution in [-0.2, 0) is 10.0 Å². The molecule has 2 aromatic carbocycles. The molecule has 0 heterocycles. The molecule has 0 fully saturated rings. The maximum Gasteiger partial charge on any atom is 0.270 e. The van der Waals surface area contributed by atoms with Crippen molar-refractivity contribution in [2.75, 3.05) is 4.72 Å². The molecule has 2 aromatic rings. The second-order valence-corrected chi connectivity index (χ2v) is 6.45. The fourth-order valence-electron chi connectivity index (χ4n) is 1.55. The van der Waals surface area contributed by atoms with Gasteiger partial charge < -0.3 is 0 Å². The summed E-state index contributed by atoms with van der Waals surface area (Å²) < 4.78 is 26.7. The Hall–Kier alpha value is -1.83. The topological polar surface area (TPSA) is 89.3 Å². The molecule has 0 atom stereocenters. The molecule has 9 heteroatoms. The molecule has 1 N–H and O–H groups in total. The highest BCUT2D eigenvalue weighted by atomic mass is 35.5. The lowest BCUT2D eigenvalue weighted by Gasteiger charge is -2.11. The predicted octanol–water partition coefficient (Wildman–Crippen LogP) is 3.70. The maximum absolute atomic E-state index is 12.2. The number of sulfonamides is 1. The standard InChI is InChI=1S/C12H8Cl2N2O4S/c13-10-5-2-6-11(14)12(10)15-21(19,20)9-4-1-3-8(7-9)16(17)18/h1-7,15H. The molecule has 0 saturated heterocycles. The summed E-state index contributed by atoms with van der Waals surface area (Å²) in [6, 6.07) is 9.17. The number of benzene rings is 2. The van der Waals surface area contributed by atoms with Crippen molar-refractivity contribution in [3.63, 3.8) is 0 Å². The third-order valence-corrected chi connectivity index (χ3v) is 4.52. The number of non-ortho nitro benzene ring substituents is 1. The summed E-state index contributed by atoms with van der Waals surface area (Å²) in [7, 11) is -4.04. The molecule has 21 heavy (non-hydrogen) atoms. The molecule has 0 aromatic heterocycles. The average Bonchev–Trinajstić information content (AvgIpc) is 2.43. The quantitative estimate of drug-likeness (QED) is 0.674. The van der Waals surface area contributed by atoms with Gasteiger partial charge in [-0.1, -0.05) is 35.3 Å². The maximum atomic E-state index is 12.2. The molecular formula is C12H8Cl2N2O4S. The molecule has 0 bridgehead atoms. The van der Waals surface area contributed by atoms with Crippen LogP contribution in [0.2, 0.25) is 10.0 Å². The molecule has 2 rings (SSSR count). The van der Waals surface area contributed by atoms with Gasteiger partial charge in [-0.3, -0.25) is 14.8 Å². The average molecular weight is 347 g/mol. The first-order valence-corrected chi connectivity index (χ1v) is 7.76. The number of halogens is 2. The Bertz CT molecular complexity index is 788. The monoisotopic (exact) mass is 346 g/mol. The van der Waals surface area contributed by atoms with Crippen LogP contribution in [0.15, 0.2) is 47.4 Å². The van der Waals surface area contributed by atoms with E-state index in [0.29, 0.717) is 0 Å². The van der Waals surface area contributed by atoms with E-state index in [2.05, 4.69) is 4.72 Å².